The van der Waals surface area contributed by atoms with Crippen LogP contribution in [0.15, 0.2) is 11.6 Å². The molecule has 2 aromatic rings. The maximum atomic E-state index is 12.0. The molecule has 7 nitrogen and oxygen atoms in total. The van der Waals surface area contributed by atoms with Crippen LogP contribution in [0.1, 0.15) is 21.7 Å². The van der Waals surface area contributed by atoms with Gasteiger partial charge >= 0.3 is 5.97 Å². The molecule has 2 N–H and O–H groups in total. The molecule has 1 amide bonds. The maximum absolute atomic E-state index is 12.0. The van der Waals surface area contributed by atoms with Gasteiger partial charge in [0.1, 0.15) is 0 Å². The number of hydrogen-bond acceptors (Lipinski definition) is 5. The summed E-state index contributed by atoms with van der Waals surface area (Å²) in [5.41, 5.74) is 1.65. The Bertz CT molecular complexity index is 632. The summed E-state index contributed by atoms with van der Waals surface area (Å²) in [5.74, 6) is -1.26. The van der Waals surface area contributed by atoms with Gasteiger partial charge in [-0.15, -0.1) is 11.3 Å². The zero-order valence-electron chi connectivity index (χ0n) is 10.4. The van der Waals surface area contributed by atoms with Gasteiger partial charge in [-0.05, 0) is 6.92 Å². The van der Waals surface area contributed by atoms with Crippen molar-refractivity contribution in [1.82, 2.24) is 14.8 Å². The lowest BCUT2D eigenvalue weighted by atomic mass is 10.2. The number of carboxylic acid groups (broad SMARTS) is 1. The number of anilines is 1. The number of nitrogens with one attached hydrogen (secondary N) is 1. The van der Waals surface area contributed by atoms with Gasteiger partial charge in [0.25, 0.3) is 5.91 Å². The van der Waals surface area contributed by atoms with Crippen molar-refractivity contribution in [1.29, 1.82) is 0 Å². The van der Waals surface area contributed by atoms with Crippen molar-refractivity contribution >= 4 is 28.3 Å². The minimum Gasteiger partial charge on any atom is -0.481 e. The van der Waals surface area contributed by atoms with Crippen LogP contribution in [0, 0.1) is 6.92 Å². The van der Waals surface area contributed by atoms with Crippen molar-refractivity contribution in [3.8, 4) is 0 Å². The molecule has 0 spiro atoms. The number of carbonyl (C=O) groups excluding carboxylic acids is 1. The lowest BCUT2D eigenvalue weighted by Crippen LogP contribution is -2.13. The highest BCUT2D eigenvalue weighted by Gasteiger charge is 2.15. The summed E-state index contributed by atoms with van der Waals surface area (Å²) >= 11 is 1.19. The topological polar surface area (TPSA) is 97.1 Å². The van der Waals surface area contributed by atoms with Gasteiger partial charge in [0, 0.05) is 18.1 Å². The fourth-order valence-electron chi connectivity index (χ4n) is 1.49. The normalized spacial score (nSPS) is 10.4. The van der Waals surface area contributed by atoms with E-state index in [1.807, 2.05) is 0 Å². The Labute approximate surface area is 112 Å². The van der Waals surface area contributed by atoms with Crippen LogP contribution in [0.25, 0.3) is 0 Å². The Morgan fingerprint density at radius 2 is 2.26 bits per heavy atom. The Balaban J connectivity index is 2.09. The molecular weight excluding hydrogens is 268 g/mol. The molecule has 0 bridgehead atoms. The molecule has 2 rings (SSSR count). The monoisotopic (exact) mass is 280 g/mol. The molecule has 19 heavy (non-hydrogen) atoms. The van der Waals surface area contributed by atoms with Crippen LogP contribution in [0.2, 0.25) is 0 Å². The van der Waals surface area contributed by atoms with E-state index in [0.29, 0.717) is 16.4 Å². The van der Waals surface area contributed by atoms with Gasteiger partial charge in [0.15, 0.2) is 5.13 Å². The first-order valence-corrected chi connectivity index (χ1v) is 6.31. The smallest absolute Gasteiger partial charge is 0.309 e. The average molecular weight is 280 g/mol. The number of thiazole rings is 1. The van der Waals surface area contributed by atoms with Gasteiger partial charge in [-0.1, -0.05) is 0 Å². The Hall–Kier alpha value is -2.22. The fraction of sp³-hybridized carbons (Fsp3) is 0.273. The highest BCUT2D eigenvalue weighted by molar-refractivity contribution is 7.14. The molecule has 0 aliphatic rings. The van der Waals surface area contributed by atoms with Crippen molar-refractivity contribution in [2.75, 3.05) is 5.32 Å². The average Bonchev–Trinajstić information content (AvgIpc) is 2.87. The minimum atomic E-state index is -0.953. The molecular formula is C11H12N4O3S. The number of amides is 1. The molecule has 0 fully saturated rings. The van der Waals surface area contributed by atoms with Crippen molar-refractivity contribution in [2.24, 2.45) is 7.05 Å². The van der Waals surface area contributed by atoms with E-state index in [1.54, 1.807) is 24.0 Å². The molecule has 0 saturated carbocycles. The summed E-state index contributed by atoms with van der Waals surface area (Å²) in [4.78, 5) is 26.5. The van der Waals surface area contributed by atoms with E-state index >= 15 is 0 Å². The second kappa shape index (κ2) is 5.19. The Morgan fingerprint density at radius 1 is 1.53 bits per heavy atom. The SMILES string of the molecule is Cc1c(C(=O)Nc2nc(CC(=O)O)cs2)cnn1C. The third-order valence-corrected chi connectivity index (χ3v) is 3.39. The lowest BCUT2D eigenvalue weighted by Gasteiger charge is -2.00. The third kappa shape index (κ3) is 2.97. The largest absolute Gasteiger partial charge is 0.481 e. The number of nitrogens with zero attached hydrogens (tertiary/aromatic N) is 3. The maximum Gasteiger partial charge on any atom is 0.309 e. The van der Waals surface area contributed by atoms with E-state index < -0.39 is 5.97 Å². The zero-order chi connectivity index (χ0) is 14.0. The summed E-state index contributed by atoms with van der Waals surface area (Å²) in [6, 6.07) is 0. The first kappa shape index (κ1) is 13.2. The molecule has 8 heteroatoms. The molecule has 0 aromatic carbocycles. The standard InChI is InChI=1S/C11H12N4O3S/c1-6-8(4-12-15(6)2)10(18)14-11-13-7(5-19-11)3-9(16)17/h4-5H,3H2,1-2H3,(H,16,17)(H,13,14,18). The van der Waals surface area contributed by atoms with Gasteiger partial charge in [0.05, 0.1) is 23.9 Å². The fourth-order valence-corrected chi connectivity index (χ4v) is 2.19. The highest BCUT2D eigenvalue weighted by Crippen LogP contribution is 2.17. The number of rotatable bonds is 4. The molecule has 0 atom stereocenters. The molecule has 100 valence electrons. The number of aryl methyl sites for hydroxylation is 1. The second-order valence-electron chi connectivity index (χ2n) is 3.94. The summed E-state index contributed by atoms with van der Waals surface area (Å²) in [7, 11) is 1.75. The molecule has 0 aliphatic heterocycles. The zero-order valence-corrected chi connectivity index (χ0v) is 11.2. The number of carboxylic acids is 1. The van der Waals surface area contributed by atoms with Gasteiger partial charge in [-0.3, -0.25) is 19.6 Å². The number of carbonyl (C=O) groups is 2. The van der Waals surface area contributed by atoms with Crippen LogP contribution in [0.3, 0.4) is 0 Å². The van der Waals surface area contributed by atoms with Crippen LogP contribution < -0.4 is 5.32 Å². The van der Waals surface area contributed by atoms with Gasteiger partial charge in [-0.2, -0.15) is 5.10 Å². The van der Waals surface area contributed by atoms with Crippen molar-refractivity contribution < 1.29 is 14.7 Å². The lowest BCUT2D eigenvalue weighted by molar-refractivity contribution is -0.136. The van der Waals surface area contributed by atoms with Crippen LogP contribution in [0.4, 0.5) is 5.13 Å². The summed E-state index contributed by atoms with van der Waals surface area (Å²) in [5, 5.41) is 17.2. The van der Waals surface area contributed by atoms with Gasteiger partial charge in [0.2, 0.25) is 0 Å². The van der Waals surface area contributed by atoms with Crippen LogP contribution in [-0.4, -0.2) is 31.7 Å². The Morgan fingerprint density at radius 3 is 2.84 bits per heavy atom. The molecule has 0 saturated heterocycles. The third-order valence-electron chi connectivity index (χ3n) is 2.58. The molecule has 2 aromatic heterocycles. The predicted molar refractivity (Wildman–Crippen MR) is 69.4 cm³/mol. The molecule has 2 heterocycles. The van der Waals surface area contributed by atoms with Crippen molar-refractivity contribution in [2.45, 2.75) is 13.3 Å². The first-order chi connectivity index (χ1) is 8.97. The van der Waals surface area contributed by atoms with Gasteiger partial charge in [-0.25, -0.2) is 4.98 Å². The molecule has 0 unspecified atom stereocenters. The van der Waals surface area contributed by atoms with E-state index in [4.69, 9.17) is 5.11 Å². The highest BCUT2D eigenvalue weighted by atomic mass is 32.1. The predicted octanol–water partition coefficient (Wildman–Crippen LogP) is 1.06. The number of hydrogen-bond donors (Lipinski definition) is 2. The number of aliphatic carboxylic acids is 1. The van der Waals surface area contributed by atoms with Crippen molar-refractivity contribution in [3.63, 3.8) is 0 Å². The van der Waals surface area contributed by atoms with Gasteiger partial charge < -0.3 is 5.11 Å². The summed E-state index contributed by atoms with van der Waals surface area (Å²) < 4.78 is 1.60. The van der Waals surface area contributed by atoms with Crippen molar-refractivity contribution in [3.05, 3.63) is 28.5 Å². The Kier molecular flexibility index (Phi) is 3.61. The van der Waals surface area contributed by atoms with E-state index in [-0.39, 0.29) is 12.3 Å². The van der Waals surface area contributed by atoms with E-state index in [0.717, 1.165) is 5.69 Å². The number of aromatic nitrogens is 3. The van der Waals surface area contributed by atoms with E-state index in [1.165, 1.54) is 17.5 Å². The van der Waals surface area contributed by atoms with E-state index in [9.17, 15) is 9.59 Å². The van der Waals surface area contributed by atoms with Crippen LogP contribution in [-0.2, 0) is 18.3 Å². The van der Waals surface area contributed by atoms with Crippen LogP contribution in [0.5, 0.6) is 0 Å². The minimum absolute atomic E-state index is 0.154. The van der Waals surface area contributed by atoms with Crippen LogP contribution >= 0.6 is 11.3 Å². The molecule has 0 radical (unpaired) electrons. The first-order valence-electron chi connectivity index (χ1n) is 5.43. The second-order valence-corrected chi connectivity index (χ2v) is 4.79. The van der Waals surface area contributed by atoms with E-state index in [2.05, 4.69) is 15.4 Å². The quantitative estimate of drug-likeness (QED) is 0.873. The molecule has 0 aliphatic carbocycles. The summed E-state index contributed by atoms with van der Waals surface area (Å²) in [6.07, 6.45) is 1.33. The summed E-state index contributed by atoms with van der Waals surface area (Å²) in [6.45, 7) is 1.79.